The molecular weight excluding hydrogens is 272 g/mol. The molecule has 0 saturated heterocycles. The summed E-state index contributed by atoms with van der Waals surface area (Å²) < 4.78 is 0. The maximum absolute atomic E-state index is 10.9. The lowest BCUT2D eigenvalue weighted by Crippen LogP contribution is -2.07. The second-order valence-electron chi connectivity index (χ2n) is 4.51. The fourth-order valence-electron chi connectivity index (χ4n) is 1.68. The van der Waals surface area contributed by atoms with Gasteiger partial charge in [0.25, 0.3) is 5.69 Å². The lowest BCUT2D eigenvalue weighted by molar-refractivity contribution is -0.384. The molecule has 0 fully saturated rings. The normalized spacial score (nSPS) is 10.8. The molecule has 0 atom stereocenters. The molecule has 0 heterocycles. The Morgan fingerprint density at radius 3 is 2.43 bits per heavy atom. The van der Waals surface area contributed by atoms with Gasteiger partial charge in [-0.3, -0.25) is 10.1 Å². The van der Waals surface area contributed by atoms with Crippen molar-refractivity contribution in [3.8, 4) is 5.75 Å². The van der Waals surface area contributed by atoms with Crippen molar-refractivity contribution in [2.24, 2.45) is 10.2 Å². The fraction of sp³-hybridized carbons (Fsp3) is 0.143. The molecule has 21 heavy (non-hydrogen) atoms. The van der Waals surface area contributed by atoms with Crippen LogP contribution in [0.1, 0.15) is 0 Å². The van der Waals surface area contributed by atoms with Gasteiger partial charge < -0.3 is 10.0 Å². The van der Waals surface area contributed by atoms with E-state index in [0.717, 1.165) is 5.69 Å². The van der Waals surface area contributed by atoms with Gasteiger partial charge in [0, 0.05) is 25.8 Å². The van der Waals surface area contributed by atoms with Crippen molar-refractivity contribution in [3.63, 3.8) is 0 Å². The third-order valence-electron chi connectivity index (χ3n) is 2.82. The number of nitrogens with zero attached hydrogens (tertiary/aromatic N) is 4. The van der Waals surface area contributed by atoms with Crippen LogP contribution in [0.3, 0.4) is 0 Å². The Balaban J connectivity index is 2.38. The Hall–Kier alpha value is -2.96. The molecule has 2 aromatic carbocycles. The molecule has 2 aromatic rings. The van der Waals surface area contributed by atoms with Crippen molar-refractivity contribution in [1.29, 1.82) is 0 Å². The molecule has 1 N–H and O–H groups in total. The maximum atomic E-state index is 10.9. The molecule has 0 aliphatic carbocycles. The van der Waals surface area contributed by atoms with Crippen molar-refractivity contribution in [3.05, 3.63) is 52.6 Å². The summed E-state index contributed by atoms with van der Waals surface area (Å²) in [6.45, 7) is 0. The summed E-state index contributed by atoms with van der Waals surface area (Å²) in [5, 5.41) is 28.4. The molecule has 2 rings (SSSR count). The largest absolute Gasteiger partial charge is 0.506 e. The first-order valence-electron chi connectivity index (χ1n) is 6.14. The molecule has 0 amide bonds. The summed E-state index contributed by atoms with van der Waals surface area (Å²) in [6, 6.07) is 10.9. The number of nitro benzene ring substituents is 1. The number of phenolic OH excluding ortho intramolecular Hbond substituents is 1. The minimum absolute atomic E-state index is 0.0389. The number of para-hydroxylation sites is 1. The van der Waals surface area contributed by atoms with Crippen LogP contribution in [0.2, 0.25) is 0 Å². The lowest BCUT2D eigenvalue weighted by atomic mass is 10.2. The van der Waals surface area contributed by atoms with Gasteiger partial charge in [0.1, 0.15) is 11.4 Å². The summed E-state index contributed by atoms with van der Waals surface area (Å²) >= 11 is 0. The molecule has 0 radical (unpaired) electrons. The summed E-state index contributed by atoms with van der Waals surface area (Å²) in [5.41, 5.74) is 1.09. The van der Waals surface area contributed by atoms with Gasteiger partial charge in [-0.1, -0.05) is 12.1 Å². The van der Waals surface area contributed by atoms with E-state index in [1.165, 1.54) is 18.2 Å². The minimum atomic E-state index is -0.523. The van der Waals surface area contributed by atoms with Crippen LogP contribution in [0.5, 0.6) is 5.75 Å². The number of hydrogen-bond donors (Lipinski definition) is 1. The van der Waals surface area contributed by atoms with Gasteiger partial charge in [-0.25, -0.2) is 0 Å². The molecule has 0 aromatic heterocycles. The number of aromatic hydroxyl groups is 1. The zero-order valence-corrected chi connectivity index (χ0v) is 11.6. The summed E-state index contributed by atoms with van der Waals surface area (Å²) in [5.74, 6) is -0.0389. The zero-order chi connectivity index (χ0) is 15.4. The maximum Gasteiger partial charge on any atom is 0.296 e. The number of anilines is 1. The van der Waals surface area contributed by atoms with Gasteiger partial charge in [0.2, 0.25) is 0 Å². The SMILES string of the molecule is CN(C)c1ccc(O)c(N=Nc2ccccc2[N+](=O)[O-])c1. The standard InChI is InChI=1S/C14H14N4O3/c1-17(2)10-7-8-14(19)12(9-10)16-15-11-5-3-4-6-13(11)18(20)21/h3-9,19H,1-2H3. The highest BCUT2D eigenvalue weighted by Crippen LogP contribution is 2.33. The van der Waals surface area contributed by atoms with E-state index in [1.807, 2.05) is 19.0 Å². The van der Waals surface area contributed by atoms with Crippen molar-refractivity contribution in [2.75, 3.05) is 19.0 Å². The number of benzene rings is 2. The Labute approximate surface area is 121 Å². The highest BCUT2D eigenvalue weighted by molar-refractivity contribution is 5.62. The zero-order valence-electron chi connectivity index (χ0n) is 11.6. The highest BCUT2D eigenvalue weighted by atomic mass is 16.6. The molecule has 0 unspecified atom stereocenters. The predicted molar refractivity (Wildman–Crippen MR) is 79.7 cm³/mol. The topological polar surface area (TPSA) is 91.3 Å². The first kappa shape index (κ1) is 14.4. The summed E-state index contributed by atoms with van der Waals surface area (Å²) in [6.07, 6.45) is 0. The highest BCUT2D eigenvalue weighted by Gasteiger charge is 2.12. The fourth-order valence-corrected chi connectivity index (χ4v) is 1.68. The molecule has 7 nitrogen and oxygen atoms in total. The second-order valence-corrected chi connectivity index (χ2v) is 4.51. The molecule has 0 saturated carbocycles. The van der Waals surface area contributed by atoms with E-state index in [4.69, 9.17) is 0 Å². The Morgan fingerprint density at radius 1 is 1.10 bits per heavy atom. The van der Waals surface area contributed by atoms with Gasteiger partial charge in [-0.15, -0.1) is 10.2 Å². The second kappa shape index (κ2) is 6.00. The third kappa shape index (κ3) is 3.33. The molecule has 0 bridgehead atoms. The van der Waals surface area contributed by atoms with Crippen LogP contribution in [0.25, 0.3) is 0 Å². The molecule has 0 spiro atoms. The summed E-state index contributed by atoms with van der Waals surface area (Å²) in [7, 11) is 3.71. The third-order valence-corrected chi connectivity index (χ3v) is 2.82. The van der Waals surface area contributed by atoms with E-state index in [1.54, 1.807) is 24.3 Å². The van der Waals surface area contributed by atoms with Crippen LogP contribution in [-0.4, -0.2) is 24.1 Å². The van der Waals surface area contributed by atoms with Gasteiger partial charge >= 0.3 is 0 Å². The monoisotopic (exact) mass is 286 g/mol. The van der Waals surface area contributed by atoms with E-state index in [2.05, 4.69) is 10.2 Å². The van der Waals surface area contributed by atoms with Gasteiger partial charge in [-0.2, -0.15) is 0 Å². The van der Waals surface area contributed by atoms with Gasteiger partial charge in [0.15, 0.2) is 5.69 Å². The number of rotatable bonds is 4. The quantitative estimate of drug-likeness (QED) is 0.526. The van der Waals surface area contributed by atoms with E-state index in [0.29, 0.717) is 0 Å². The van der Waals surface area contributed by atoms with Crippen molar-refractivity contribution in [2.45, 2.75) is 0 Å². The average molecular weight is 286 g/mol. The van der Waals surface area contributed by atoms with Crippen molar-refractivity contribution in [1.82, 2.24) is 0 Å². The Bertz CT molecular complexity index is 698. The van der Waals surface area contributed by atoms with E-state index >= 15 is 0 Å². The van der Waals surface area contributed by atoms with Crippen LogP contribution >= 0.6 is 0 Å². The van der Waals surface area contributed by atoms with Gasteiger partial charge in [-0.05, 0) is 24.3 Å². The smallest absolute Gasteiger partial charge is 0.296 e. The van der Waals surface area contributed by atoms with Crippen LogP contribution in [-0.2, 0) is 0 Å². The van der Waals surface area contributed by atoms with Crippen LogP contribution < -0.4 is 4.90 Å². The minimum Gasteiger partial charge on any atom is -0.506 e. The van der Waals surface area contributed by atoms with Crippen molar-refractivity contribution < 1.29 is 10.0 Å². The Kier molecular flexibility index (Phi) is 4.13. The predicted octanol–water partition coefficient (Wildman–Crippen LogP) is 3.78. The number of hydrogen-bond acceptors (Lipinski definition) is 6. The van der Waals surface area contributed by atoms with Crippen LogP contribution in [0.15, 0.2) is 52.7 Å². The van der Waals surface area contributed by atoms with Crippen LogP contribution in [0.4, 0.5) is 22.7 Å². The molecule has 0 aliphatic heterocycles. The van der Waals surface area contributed by atoms with E-state index < -0.39 is 4.92 Å². The first-order valence-corrected chi connectivity index (χ1v) is 6.14. The van der Waals surface area contributed by atoms with Crippen LogP contribution in [0, 0.1) is 10.1 Å². The van der Waals surface area contributed by atoms with Gasteiger partial charge in [0.05, 0.1) is 4.92 Å². The molecule has 0 aliphatic rings. The molecular formula is C14H14N4O3. The molecule has 108 valence electrons. The first-order chi connectivity index (χ1) is 9.99. The average Bonchev–Trinajstić information content (AvgIpc) is 2.46. The Morgan fingerprint density at radius 2 is 1.76 bits per heavy atom. The van der Waals surface area contributed by atoms with E-state index in [-0.39, 0.29) is 22.8 Å². The van der Waals surface area contributed by atoms with E-state index in [9.17, 15) is 15.2 Å². The number of azo groups is 1. The number of phenols is 1. The molecule has 7 heteroatoms. The summed E-state index contributed by atoms with van der Waals surface area (Å²) in [4.78, 5) is 12.2. The lowest BCUT2D eigenvalue weighted by Gasteiger charge is -2.12. The van der Waals surface area contributed by atoms with Crippen molar-refractivity contribution >= 4 is 22.7 Å². The number of nitro groups is 1.